The summed E-state index contributed by atoms with van der Waals surface area (Å²) in [7, 11) is 0. The van der Waals surface area contributed by atoms with Gasteiger partial charge in [0.25, 0.3) is 0 Å². The normalized spacial score (nSPS) is 10.4. The third-order valence-corrected chi connectivity index (χ3v) is 2.53. The summed E-state index contributed by atoms with van der Waals surface area (Å²) >= 11 is 0. The molecule has 0 N–H and O–H groups in total. The molecule has 0 unspecified atom stereocenters. The van der Waals surface area contributed by atoms with E-state index in [1.54, 1.807) is 6.33 Å². The highest BCUT2D eigenvalue weighted by molar-refractivity contribution is 5.55. The van der Waals surface area contributed by atoms with E-state index >= 15 is 0 Å². The Balaban J connectivity index is 2.41. The predicted molar refractivity (Wildman–Crippen MR) is 64.0 cm³/mol. The van der Waals surface area contributed by atoms with Gasteiger partial charge in [0, 0.05) is 12.0 Å². The van der Waals surface area contributed by atoms with E-state index < -0.39 is 0 Å². The molecule has 2 aromatic rings. The molecule has 0 amide bonds. The fraction of sp³-hybridized carbons (Fsp3) is 0.308. The molecule has 2 rings (SSSR count). The van der Waals surface area contributed by atoms with Crippen molar-refractivity contribution >= 4 is 0 Å². The van der Waals surface area contributed by atoms with Crippen molar-refractivity contribution in [3.05, 3.63) is 42.0 Å². The molecule has 0 spiro atoms. The maximum atomic E-state index is 4.41. The summed E-state index contributed by atoms with van der Waals surface area (Å²) in [5, 5.41) is 0. The van der Waals surface area contributed by atoms with Crippen LogP contribution in [0.3, 0.4) is 0 Å². The zero-order valence-corrected chi connectivity index (χ0v) is 9.64. The molecule has 0 saturated heterocycles. The summed E-state index contributed by atoms with van der Waals surface area (Å²) in [6.07, 6.45) is 3.45. The first-order valence-corrected chi connectivity index (χ1v) is 5.60. The van der Waals surface area contributed by atoms with Gasteiger partial charge < -0.3 is 0 Å². The van der Waals surface area contributed by atoms with Crippen molar-refractivity contribution in [3.8, 4) is 11.4 Å². The summed E-state index contributed by atoms with van der Waals surface area (Å²) in [5.41, 5.74) is 2.37. The second-order valence-electron chi connectivity index (χ2n) is 3.63. The fourth-order valence-corrected chi connectivity index (χ4v) is 1.57. The van der Waals surface area contributed by atoms with Crippen LogP contribution in [0, 0.1) is 0 Å². The summed E-state index contributed by atoms with van der Waals surface area (Å²) in [6.45, 7) is 4.19. The number of hydrogen-bond acceptors (Lipinski definition) is 3. The Morgan fingerprint density at radius 3 is 2.69 bits per heavy atom. The van der Waals surface area contributed by atoms with E-state index in [1.165, 1.54) is 5.56 Å². The molecule has 16 heavy (non-hydrogen) atoms. The van der Waals surface area contributed by atoms with E-state index in [2.05, 4.69) is 34.0 Å². The summed E-state index contributed by atoms with van der Waals surface area (Å²) in [5.74, 6) is 1.61. The van der Waals surface area contributed by atoms with E-state index in [9.17, 15) is 0 Å². The summed E-state index contributed by atoms with van der Waals surface area (Å²) in [6, 6.07) is 8.33. The van der Waals surface area contributed by atoms with Gasteiger partial charge in [0.05, 0.1) is 0 Å². The maximum absolute atomic E-state index is 4.41. The smallest absolute Gasteiger partial charge is 0.162 e. The number of nitrogens with zero attached hydrogens (tertiary/aromatic N) is 3. The molecule has 0 saturated carbocycles. The molecular formula is C13H15N3. The van der Waals surface area contributed by atoms with E-state index in [1.807, 2.05) is 19.1 Å². The van der Waals surface area contributed by atoms with Gasteiger partial charge in [0.15, 0.2) is 5.82 Å². The van der Waals surface area contributed by atoms with Crippen molar-refractivity contribution in [1.82, 2.24) is 15.0 Å². The van der Waals surface area contributed by atoms with Crippen LogP contribution in [0.4, 0.5) is 0 Å². The molecule has 3 nitrogen and oxygen atoms in total. The average Bonchev–Trinajstić information content (AvgIpc) is 2.39. The lowest BCUT2D eigenvalue weighted by Gasteiger charge is -2.03. The van der Waals surface area contributed by atoms with Crippen molar-refractivity contribution in [2.75, 3.05) is 0 Å². The van der Waals surface area contributed by atoms with Gasteiger partial charge in [0.1, 0.15) is 12.2 Å². The first-order chi connectivity index (χ1) is 7.83. The third kappa shape index (κ3) is 2.24. The Kier molecular flexibility index (Phi) is 3.25. The van der Waals surface area contributed by atoms with Crippen molar-refractivity contribution in [2.45, 2.75) is 26.7 Å². The zero-order chi connectivity index (χ0) is 11.4. The molecule has 82 valence electrons. The SMILES string of the molecule is CCc1cccc(-c2ncnc(CC)n2)c1. The van der Waals surface area contributed by atoms with Crippen LogP contribution >= 0.6 is 0 Å². The largest absolute Gasteiger partial charge is 0.221 e. The van der Waals surface area contributed by atoms with Gasteiger partial charge in [-0.25, -0.2) is 15.0 Å². The standard InChI is InChI=1S/C13H15N3/c1-3-10-6-5-7-11(8-10)13-15-9-14-12(4-2)16-13/h5-9H,3-4H2,1-2H3. The second-order valence-corrected chi connectivity index (χ2v) is 3.63. The van der Waals surface area contributed by atoms with E-state index in [0.29, 0.717) is 0 Å². The number of benzene rings is 1. The fourth-order valence-electron chi connectivity index (χ4n) is 1.57. The van der Waals surface area contributed by atoms with Crippen LogP contribution in [0.15, 0.2) is 30.6 Å². The topological polar surface area (TPSA) is 38.7 Å². The molecule has 1 heterocycles. The lowest BCUT2D eigenvalue weighted by Crippen LogP contribution is -1.97. The lowest BCUT2D eigenvalue weighted by atomic mass is 10.1. The number of aryl methyl sites for hydroxylation is 2. The molecule has 0 aliphatic heterocycles. The Labute approximate surface area is 95.6 Å². The van der Waals surface area contributed by atoms with Gasteiger partial charge in [-0.05, 0) is 18.1 Å². The molecule has 0 radical (unpaired) electrons. The predicted octanol–water partition coefficient (Wildman–Crippen LogP) is 2.66. The molecule has 0 fully saturated rings. The van der Waals surface area contributed by atoms with E-state index in [0.717, 1.165) is 30.1 Å². The first-order valence-electron chi connectivity index (χ1n) is 5.60. The molecule has 0 bridgehead atoms. The molecule has 0 aliphatic carbocycles. The van der Waals surface area contributed by atoms with Crippen LogP contribution in [-0.2, 0) is 12.8 Å². The van der Waals surface area contributed by atoms with Crippen LogP contribution in [0.5, 0.6) is 0 Å². The first kappa shape index (κ1) is 10.7. The van der Waals surface area contributed by atoms with Gasteiger partial charge >= 0.3 is 0 Å². The Morgan fingerprint density at radius 1 is 1.06 bits per heavy atom. The van der Waals surface area contributed by atoms with Crippen molar-refractivity contribution in [2.24, 2.45) is 0 Å². The van der Waals surface area contributed by atoms with Crippen LogP contribution in [0.25, 0.3) is 11.4 Å². The number of rotatable bonds is 3. The zero-order valence-electron chi connectivity index (χ0n) is 9.64. The molecular weight excluding hydrogens is 198 g/mol. The monoisotopic (exact) mass is 213 g/mol. The highest BCUT2D eigenvalue weighted by atomic mass is 15.0. The Bertz CT molecular complexity index is 435. The minimum Gasteiger partial charge on any atom is -0.221 e. The van der Waals surface area contributed by atoms with Gasteiger partial charge in [-0.3, -0.25) is 0 Å². The summed E-state index contributed by atoms with van der Waals surface area (Å²) in [4.78, 5) is 12.7. The third-order valence-electron chi connectivity index (χ3n) is 2.53. The van der Waals surface area contributed by atoms with Gasteiger partial charge in [-0.1, -0.05) is 32.0 Å². The molecule has 1 aromatic carbocycles. The average molecular weight is 213 g/mol. The van der Waals surface area contributed by atoms with Crippen molar-refractivity contribution in [3.63, 3.8) is 0 Å². The maximum Gasteiger partial charge on any atom is 0.162 e. The van der Waals surface area contributed by atoms with E-state index in [4.69, 9.17) is 0 Å². The van der Waals surface area contributed by atoms with Gasteiger partial charge in [-0.15, -0.1) is 0 Å². The minimum absolute atomic E-state index is 0.766. The molecule has 0 aliphatic rings. The molecule has 3 heteroatoms. The Hall–Kier alpha value is -1.77. The Morgan fingerprint density at radius 2 is 1.94 bits per heavy atom. The van der Waals surface area contributed by atoms with Crippen LogP contribution in [0.1, 0.15) is 25.2 Å². The number of aromatic nitrogens is 3. The quantitative estimate of drug-likeness (QED) is 0.786. The van der Waals surface area contributed by atoms with Crippen LogP contribution in [0.2, 0.25) is 0 Å². The van der Waals surface area contributed by atoms with Crippen LogP contribution in [-0.4, -0.2) is 15.0 Å². The van der Waals surface area contributed by atoms with Crippen molar-refractivity contribution < 1.29 is 0 Å². The van der Waals surface area contributed by atoms with Crippen molar-refractivity contribution in [1.29, 1.82) is 0 Å². The summed E-state index contributed by atoms with van der Waals surface area (Å²) < 4.78 is 0. The molecule has 0 atom stereocenters. The lowest BCUT2D eigenvalue weighted by molar-refractivity contribution is 0.903. The number of hydrogen-bond donors (Lipinski definition) is 0. The van der Waals surface area contributed by atoms with E-state index in [-0.39, 0.29) is 0 Å². The second kappa shape index (κ2) is 4.84. The van der Waals surface area contributed by atoms with Crippen LogP contribution < -0.4 is 0 Å². The van der Waals surface area contributed by atoms with Gasteiger partial charge in [0.2, 0.25) is 0 Å². The van der Waals surface area contributed by atoms with Gasteiger partial charge in [-0.2, -0.15) is 0 Å². The minimum atomic E-state index is 0.766. The molecule has 1 aromatic heterocycles. The highest BCUT2D eigenvalue weighted by Crippen LogP contribution is 2.16. The highest BCUT2D eigenvalue weighted by Gasteiger charge is 2.03.